The van der Waals surface area contributed by atoms with E-state index < -0.39 is 0 Å². The van der Waals surface area contributed by atoms with Gasteiger partial charge in [-0.1, -0.05) is 13.0 Å². The first-order chi connectivity index (χ1) is 8.17. The number of anilines is 1. The van der Waals surface area contributed by atoms with Gasteiger partial charge in [0.2, 0.25) is 0 Å². The highest BCUT2D eigenvalue weighted by Crippen LogP contribution is 2.25. The molecule has 1 aromatic carbocycles. The second-order valence-electron chi connectivity index (χ2n) is 4.14. The number of halogens is 1. The monoisotopic (exact) mass is 232 g/mol. The third kappa shape index (κ3) is 2.09. The van der Waals surface area contributed by atoms with Crippen molar-refractivity contribution in [3.63, 3.8) is 0 Å². The van der Waals surface area contributed by atoms with Crippen molar-refractivity contribution in [2.24, 2.45) is 0 Å². The molecule has 0 aliphatic rings. The minimum Gasteiger partial charge on any atom is -0.370 e. The number of benzene rings is 1. The third-order valence-corrected chi connectivity index (χ3v) is 2.94. The SMILES string of the molecule is CCNc1nc2c(C)ccc(F)c2cc1CC. The third-order valence-electron chi connectivity index (χ3n) is 2.94. The number of fused-ring (bicyclic) bond motifs is 1. The molecule has 2 aromatic rings. The molecule has 0 saturated carbocycles. The van der Waals surface area contributed by atoms with Gasteiger partial charge in [-0.05, 0) is 43.5 Å². The van der Waals surface area contributed by atoms with Crippen molar-refractivity contribution < 1.29 is 4.39 Å². The molecule has 1 aromatic heterocycles. The molecule has 0 aliphatic heterocycles. The lowest BCUT2D eigenvalue weighted by atomic mass is 10.1. The van der Waals surface area contributed by atoms with Crippen LogP contribution in [0.1, 0.15) is 25.0 Å². The van der Waals surface area contributed by atoms with Crippen molar-refractivity contribution in [3.05, 3.63) is 35.1 Å². The van der Waals surface area contributed by atoms with Crippen LogP contribution in [0, 0.1) is 12.7 Å². The zero-order chi connectivity index (χ0) is 12.4. The molecule has 0 amide bonds. The fourth-order valence-corrected chi connectivity index (χ4v) is 1.99. The van der Waals surface area contributed by atoms with Crippen LogP contribution in [0.3, 0.4) is 0 Å². The van der Waals surface area contributed by atoms with E-state index in [1.807, 2.05) is 19.9 Å². The van der Waals surface area contributed by atoms with Crippen molar-refractivity contribution in [1.82, 2.24) is 4.98 Å². The summed E-state index contributed by atoms with van der Waals surface area (Å²) in [6.07, 6.45) is 0.846. The first-order valence-corrected chi connectivity index (χ1v) is 6.00. The first kappa shape index (κ1) is 11.8. The second kappa shape index (κ2) is 4.70. The van der Waals surface area contributed by atoms with Gasteiger partial charge in [-0.25, -0.2) is 9.37 Å². The summed E-state index contributed by atoms with van der Waals surface area (Å²) in [4.78, 5) is 4.54. The molecule has 3 heteroatoms. The molecule has 1 N–H and O–H groups in total. The molecule has 0 saturated heterocycles. The van der Waals surface area contributed by atoms with Gasteiger partial charge in [0, 0.05) is 11.9 Å². The highest BCUT2D eigenvalue weighted by atomic mass is 19.1. The van der Waals surface area contributed by atoms with E-state index in [9.17, 15) is 4.39 Å². The van der Waals surface area contributed by atoms with Gasteiger partial charge >= 0.3 is 0 Å². The Morgan fingerprint density at radius 1 is 1.29 bits per heavy atom. The number of hydrogen-bond acceptors (Lipinski definition) is 2. The summed E-state index contributed by atoms with van der Waals surface area (Å²) >= 11 is 0. The maximum absolute atomic E-state index is 13.7. The number of hydrogen-bond donors (Lipinski definition) is 1. The van der Waals surface area contributed by atoms with Crippen molar-refractivity contribution in [1.29, 1.82) is 0 Å². The van der Waals surface area contributed by atoms with Gasteiger partial charge in [-0.3, -0.25) is 0 Å². The quantitative estimate of drug-likeness (QED) is 0.873. The van der Waals surface area contributed by atoms with Crippen LogP contribution >= 0.6 is 0 Å². The number of aryl methyl sites for hydroxylation is 2. The number of pyridine rings is 1. The number of aromatic nitrogens is 1. The Bertz CT molecular complexity index is 549. The minimum atomic E-state index is -0.198. The molecular weight excluding hydrogens is 215 g/mol. The summed E-state index contributed by atoms with van der Waals surface area (Å²) in [6, 6.07) is 5.18. The molecule has 0 bridgehead atoms. The second-order valence-corrected chi connectivity index (χ2v) is 4.14. The summed E-state index contributed by atoms with van der Waals surface area (Å²) in [5.74, 6) is 0.673. The standard InChI is InChI=1S/C14H17FN2/c1-4-10-8-11-12(15)7-6-9(3)13(11)17-14(10)16-5-2/h6-8H,4-5H2,1-3H3,(H,16,17). The van der Waals surface area contributed by atoms with Gasteiger partial charge in [0.15, 0.2) is 0 Å². The van der Waals surface area contributed by atoms with Crippen LogP contribution < -0.4 is 5.32 Å². The van der Waals surface area contributed by atoms with E-state index in [4.69, 9.17) is 0 Å². The smallest absolute Gasteiger partial charge is 0.132 e. The van der Waals surface area contributed by atoms with E-state index in [1.165, 1.54) is 6.07 Å². The van der Waals surface area contributed by atoms with Gasteiger partial charge in [-0.15, -0.1) is 0 Å². The van der Waals surface area contributed by atoms with E-state index >= 15 is 0 Å². The predicted molar refractivity (Wildman–Crippen MR) is 70.0 cm³/mol. The van der Waals surface area contributed by atoms with E-state index in [1.54, 1.807) is 6.07 Å². The summed E-state index contributed by atoms with van der Waals surface area (Å²) < 4.78 is 13.7. The van der Waals surface area contributed by atoms with Crippen LogP contribution in [0.4, 0.5) is 10.2 Å². The highest BCUT2D eigenvalue weighted by molar-refractivity contribution is 5.85. The fraction of sp³-hybridized carbons (Fsp3) is 0.357. The maximum atomic E-state index is 13.7. The van der Waals surface area contributed by atoms with E-state index in [0.29, 0.717) is 5.39 Å². The molecule has 0 radical (unpaired) electrons. The largest absolute Gasteiger partial charge is 0.370 e. The van der Waals surface area contributed by atoms with Crippen molar-refractivity contribution in [3.8, 4) is 0 Å². The van der Waals surface area contributed by atoms with Gasteiger partial charge in [0.1, 0.15) is 11.6 Å². The molecule has 0 unspecified atom stereocenters. The summed E-state index contributed by atoms with van der Waals surface area (Å²) in [5, 5.41) is 3.85. The normalized spacial score (nSPS) is 10.8. The molecule has 0 fully saturated rings. The number of rotatable bonds is 3. The first-order valence-electron chi connectivity index (χ1n) is 6.00. The lowest BCUT2D eigenvalue weighted by molar-refractivity contribution is 0.639. The summed E-state index contributed by atoms with van der Waals surface area (Å²) in [5.41, 5.74) is 2.81. The Morgan fingerprint density at radius 2 is 2.06 bits per heavy atom. The highest BCUT2D eigenvalue weighted by Gasteiger charge is 2.09. The average Bonchev–Trinajstić information content (AvgIpc) is 2.34. The molecule has 0 aliphatic carbocycles. The van der Waals surface area contributed by atoms with Crippen molar-refractivity contribution >= 4 is 16.7 Å². The molecule has 90 valence electrons. The maximum Gasteiger partial charge on any atom is 0.132 e. The van der Waals surface area contributed by atoms with Crippen molar-refractivity contribution in [2.45, 2.75) is 27.2 Å². The number of nitrogens with one attached hydrogen (secondary N) is 1. The topological polar surface area (TPSA) is 24.9 Å². The van der Waals surface area contributed by atoms with Gasteiger partial charge in [-0.2, -0.15) is 0 Å². The Morgan fingerprint density at radius 3 is 2.71 bits per heavy atom. The molecule has 0 spiro atoms. The van der Waals surface area contributed by atoms with Crippen LogP contribution in [0.5, 0.6) is 0 Å². The van der Waals surface area contributed by atoms with E-state index in [2.05, 4.69) is 17.2 Å². The zero-order valence-corrected chi connectivity index (χ0v) is 10.5. The van der Waals surface area contributed by atoms with E-state index in [0.717, 1.165) is 35.4 Å². The minimum absolute atomic E-state index is 0.198. The van der Waals surface area contributed by atoms with Gasteiger partial charge in [0.25, 0.3) is 0 Å². The molecule has 1 heterocycles. The summed E-state index contributed by atoms with van der Waals surface area (Å²) in [6.45, 7) is 6.86. The lowest BCUT2D eigenvalue weighted by Gasteiger charge is -2.11. The zero-order valence-electron chi connectivity index (χ0n) is 10.5. The van der Waals surface area contributed by atoms with Crippen LogP contribution in [-0.2, 0) is 6.42 Å². The Balaban J connectivity index is 2.73. The number of nitrogens with zero attached hydrogens (tertiary/aromatic N) is 1. The van der Waals surface area contributed by atoms with Crippen LogP contribution in [0.25, 0.3) is 10.9 Å². The molecule has 2 rings (SSSR count). The fourth-order valence-electron chi connectivity index (χ4n) is 1.99. The molecular formula is C14H17FN2. The van der Waals surface area contributed by atoms with Crippen LogP contribution in [0.2, 0.25) is 0 Å². The van der Waals surface area contributed by atoms with E-state index in [-0.39, 0.29) is 5.82 Å². The van der Waals surface area contributed by atoms with Crippen LogP contribution in [0.15, 0.2) is 18.2 Å². The molecule has 0 atom stereocenters. The molecule has 2 nitrogen and oxygen atoms in total. The Hall–Kier alpha value is -1.64. The Labute approximate surface area is 101 Å². The predicted octanol–water partition coefficient (Wildman–Crippen LogP) is 3.68. The molecule has 17 heavy (non-hydrogen) atoms. The van der Waals surface area contributed by atoms with Gasteiger partial charge in [0.05, 0.1) is 5.52 Å². The lowest BCUT2D eigenvalue weighted by Crippen LogP contribution is -2.04. The van der Waals surface area contributed by atoms with Crippen LogP contribution in [-0.4, -0.2) is 11.5 Å². The Kier molecular flexibility index (Phi) is 3.27. The summed E-state index contributed by atoms with van der Waals surface area (Å²) in [7, 11) is 0. The van der Waals surface area contributed by atoms with Gasteiger partial charge < -0.3 is 5.32 Å². The van der Waals surface area contributed by atoms with Crippen molar-refractivity contribution in [2.75, 3.05) is 11.9 Å². The average molecular weight is 232 g/mol.